The monoisotopic (exact) mass is 709 g/mol. The van der Waals surface area contributed by atoms with Crippen LogP contribution in [0.3, 0.4) is 0 Å². The maximum absolute atomic E-state index is 14.1. The van der Waals surface area contributed by atoms with Gasteiger partial charge in [0.1, 0.15) is 5.60 Å². The van der Waals surface area contributed by atoms with E-state index in [-0.39, 0.29) is 12.5 Å². The number of benzene rings is 1. The van der Waals surface area contributed by atoms with E-state index in [9.17, 15) is 9.36 Å². The number of ether oxygens (including phenoxy) is 1. The van der Waals surface area contributed by atoms with Gasteiger partial charge in [0.25, 0.3) is 0 Å². The minimum atomic E-state index is -3.84. The van der Waals surface area contributed by atoms with Gasteiger partial charge in [-0.05, 0) is 99.9 Å². The molecule has 1 aromatic carbocycles. The number of carbonyl (C=O) groups is 1. The fraction of sp³-hybridized carbons (Fsp3) is 0.811. The van der Waals surface area contributed by atoms with Crippen molar-refractivity contribution < 1.29 is 27.7 Å². The van der Waals surface area contributed by atoms with Crippen LogP contribution in [-0.4, -0.2) is 53.2 Å². The lowest BCUT2D eigenvalue weighted by molar-refractivity contribution is 0.0368. The first-order valence-electron chi connectivity index (χ1n) is 18.5. The van der Waals surface area contributed by atoms with Crippen molar-refractivity contribution in [2.45, 2.75) is 167 Å². The number of rotatable bonds is 18. The van der Waals surface area contributed by atoms with Crippen LogP contribution in [-0.2, 0) is 35.7 Å². The number of amides is 1. The third-order valence-corrected chi connectivity index (χ3v) is 14.4. The smallest absolute Gasteiger partial charge is 0.444 e. The summed E-state index contributed by atoms with van der Waals surface area (Å²) < 4.78 is 37.8. The fourth-order valence-electron chi connectivity index (χ4n) is 6.66. The molecule has 0 bridgehead atoms. The molecular weight excluding hydrogens is 642 g/mol. The highest BCUT2D eigenvalue weighted by Crippen LogP contribution is 2.52. The van der Waals surface area contributed by atoms with E-state index < -0.39 is 41.2 Å². The summed E-state index contributed by atoms with van der Waals surface area (Å²) in [4.78, 5) is 13.2. The highest BCUT2D eigenvalue weighted by atomic mass is 31.2. The number of unbranched alkanes of at least 4 members (excludes halogenated alkanes) is 3. The van der Waals surface area contributed by atoms with Gasteiger partial charge < -0.3 is 10.1 Å². The summed E-state index contributed by atoms with van der Waals surface area (Å²) in [6.45, 7) is 22.2. The zero-order valence-corrected chi connectivity index (χ0v) is 34.5. The number of nitrogens with one attached hydrogen (secondary N) is 1. The Morgan fingerprint density at radius 2 is 1.60 bits per heavy atom. The molecule has 47 heavy (non-hydrogen) atoms. The number of fused-ring (bicyclic) bond motifs is 1. The van der Waals surface area contributed by atoms with E-state index in [1.165, 1.54) is 61.6 Å². The summed E-state index contributed by atoms with van der Waals surface area (Å²) in [5, 5.41) is 3.17. The van der Waals surface area contributed by atoms with E-state index >= 15 is 0 Å². The van der Waals surface area contributed by atoms with Gasteiger partial charge in [-0.25, -0.2) is 9.36 Å². The van der Waals surface area contributed by atoms with Gasteiger partial charge in [0.2, 0.25) is 0 Å². The number of alkyl carbamates (subject to hydrolysis) is 1. The van der Waals surface area contributed by atoms with Gasteiger partial charge in [0.15, 0.2) is 0 Å². The number of carbonyl (C=O) groups excluding carboxylic acids is 1. The fourth-order valence-corrected chi connectivity index (χ4v) is 9.69. The van der Waals surface area contributed by atoms with Crippen LogP contribution in [0.2, 0.25) is 51.4 Å². The number of hydrogen-bond donors (Lipinski definition) is 1. The molecule has 0 radical (unpaired) electrons. The van der Waals surface area contributed by atoms with E-state index in [4.69, 9.17) is 18.3 Å². The first-order valence-corrected chi connectivity index (χ1v) is 27.3. The Morgan fingerprint density at radius 3 is 2.19 bits per heavy atom. The second-order valence-corrected chi connectivity index (χ2v) is 30.8. The van der Waals surface area contributed by atoms with E-state index in [0.29, 0.717) is 26.1 Å². The highest BCUT2D eigenvalue weighted by molar-refractivity contribution is 7.48. The average molecular weight is 710 g/mol. The van der Waals surface area contributed by atoms with E-state index in [0.717, 1.165) is 30.8 Å². The predicted molar refractivity (Wildman–Crippen MR) is 201 cm³/mol. The Labute approximate surface area is 289 Å². The van der Waals surface area contributed by atoms with Gasteiger partial charge in [-0.2, -0.15) is 0 Å². The molecule has 7 nitrogen and oxygen atoms in total. The van der Waals surface area contributed by atoms with E-state index in [1.807, 2.05) is 20.8 Å². The molecule has 3 atom stereocenters. The summed E-state index contributed by atoms with van der Waals surface area (Å²) in [5.41, 5.74) is 2.93. The Morgan fingerprint density at radius 1 is 0.936 bits per heavy atom. The van der Waals surface area contributed by atoms with Crippen molar-refractivity contribution in [2.24, 2.45) is 5.92 Å². The molecule has 1 fully saturated rings. The molecule has 0 aromatic heterocycles. The largest absolute Gasteiger partial charge is 0.474 e. The molecule has 3 rings (SSSR count). The van der Waals surface area contributed by atoms with Crippen LogP contribution in [0.25, 0.3) is 0 Å². The van der Waals surface area contributed by atoms with Crippen LogP contribution in [0.1, 0.15) is 108 Å². The molecule has 1 amide bonds. The van der Waals surface area contributed by atoms with Crippen molar-refractivity contribution in [2.75, 3.05) is 19.8 Å². The van der Waals surface area contributed by atoms with Gasteiger partial charge in [-0.3, -0.25) is 13.6 Å². The molecule has 1 saturated carbocycles. The normalized spacial score (nSPS) is 22.3. The molecule has 0 saturated heterocycles. The topological polar surface area (TPSA) is 83.1 Å². The van der Waals surface area contributed by atoms with Crippen LogP contribution in [0.4, 0.5) is 4.79 Å². The summed E-state index contributed by atoms with van der Waals surface area (Å²) in [7, 11) is -6.69. The standard InChI is InChI=1S/C37H68NO6PSi2/c1-11-12-13-14-15-30-16-17-32-27-33(19-18-31(32)26-30)34-20-21-37(28-34,38-35(39)44-36(2,3)4)29-43-45(40,41-22-24-46(5,6)7)42-23-25-47(8,9)10/h18-19,27,30,34H,11-17,20-26,28-29H2,1-10H3,(H,38,39)/t30?,34-,37+/m0/s1. The first kappa shape index (κ1) is 40.5. The summed E-state index contributed by atoms with van der Waals surface area (Å²) in [5.74, 6) is 1.06. The van der Waals surface area contributed by atoms with Crippen LogP contribution < -0.4 is 5.32 Å². The Kier molecular flexibility index (Phi) is 14.9. The molecular formula is C37H68NO6PSi2. The highest BCUT2D eigenvalue weighted by Gasteiger charge is 2.45. The summed E-state index contributed by atoms with van der Waals surface area (Å²) >= 11 is 0. The lowest BCUT2D eigenvalue weighted by Gasteiger charge is -2.33. The summed E-state index contributed by atoms with van der Waals surface area (Å²) in [6.07, 6.45) is 12.1. The number of phosphoric acid groups is 1. The van der Waals surface area contributed by atoms with Gasteiger partial charge in [0.05, 0.1) is 25.4 Å². The van der Waals surface area contributed by atoms with Gasteiger partial charge in [0, 0.05) is 16.1 Å². The Bertz CT molecular complexity index is 1170. The third kappa shape index (κ3) is 14.8. The number of aryl methyl sites for hydroxylation is 1. The molecule has 1 aromatic rings. The van der Waals surface area contributed by atoms with Crippen LogP contribution in [0, 0.1) is 5.92 Å². The third-order valence-electron chi connectivity index (χ3n) is 9.57. The molecule has 1 unspecified atom stereocenters. The summed E-state index contributed by atoms with van der Waals surface area (Å²) in [6, 6.07) is 8.80. The van der Waals surface area contributed by atoms with Crippen molar-refractivity contribution in [3.8, 4) is 0 Å². The van der Waals surface area contributed by atoms with Crippen LogP contribution in [0.15, 0.2) is 18.2 Å². The maximum Gasteiger partial charge on any atom is 0.474 e. The second kappa shape index (κ2) is 17.3. The van der Waals surface area contributed by atoms with Crippen molar-refractivity contribution in [3.63, 3.8) is 0 Å². The number of hydrogen-bond acceptors (Lipinski definition) is 6. The average Bonchev–Trinajstić information content (AvgIpc) is 3.35. The Balaban J connectivity index is 1.75. The SMILES string of the molecule is CCCCCCC1CCc2cc([C@H]3CC[C@@](COP(=O)(OCC[Si](C)(C)C)OCC[Si](C)(C)C)(NC(=O)OC(C)(C)C)C3)ccc2C1. The van der Waals surface area contributed by atoms with Gasteiger partial charge in [-0.1, -0.05) is 96.5 Å². The van der Waals surface area contributed by atoms with E-state index in [1.54, 1.807) is 0 Å². The van der Waals surface area contributed by atoms with Crippen molar-refractivity contribution in [1.82, 2.24) is 5.32 Å². The lowest BCUT2D eigenvalue weighted by Crippen LogP contribution is -2.51. The van der Waals surface area contributed by atoms with Crippen LogP contribution >= 0.6 is 7.82 Å². The molecule has 1 N–H and O–H groups in total. The lowest BCUT2D eigenvalue weighted by atomic mass is 9.79. The van der Waals surface area contributed by atoms with Crippen molar-refractivity contribution in [1.29, 1.82) is 0 Å². The number of phosphoric ester groups is 1. The maximum atomic E-state index is 14.1. The molecule has 270 valence electrons. The zero-order valence-electron chi connectivity index (χ0n) is 31.6. The molecule has 0 spiro atoms. The molecule has 0 heterocycles. The second-order valence-electron chi connectivity index (χ2n) is 17.8. The molecule has 2 aliphatic rings. The quantitative estimate of drug-likeness (QED) is 0.0928. The van der Waals surface area contributed by atoms with Gasteiger partial charge in [-0.15, -0.1) is 0 Å². The minimum absolute atomic E-state index is 0.0462. The van der Waals surface area contributed by atoms with E-state index in [2.05, 4.69) is 69.7 Å². The molecule has 2 aliphatic carbocycles. The first-order chi connectivity index (χ1) is 21.8. The van der Waals surface area contributed by atoms with Crippen molar-refractivity contribution >= 4 is 30.1 Å². The molecule has 10 heteroatoms. The van der Waals surface area contributed by atoms with Crippen LogP contribution in [0.5, 0.6) is 0 Å². The van der Waals surface area contributed by atoms with Crippen molar-refractivity contribution in [3.05, 3.63) is 34.9 Å². The Hall–Kier alpha value is -0.966. The molecule has 0 aliphatic heterocycles. The zero-order chi connectivity index (χ0) is 34.9. The van der Waals surface area contributed by atoms with Gasteiger partial charge >= 0.3 is 13.9 Å². The minimum Gasteiger partial charge on any atom is -0.444 e. The predicted octanol–water partition coefficient (Wildman–Crippen LogP) is 11.1.